The van der Waals surface area contributed by atoms with Crippen LogP contribution in [0.2, 0.25) is 0 Å². The van der Waals surface area contributed by atoms with Crippen LogP contribution >= 0.6 is 0 Å². The van der Waals surface area contributed by atoms with E-state index < -0.39 is 0 Å². The van der Waals surface area contributed by atoms with E-state index in [1.54, 1.807) is 0 Å². The van der Waals surface area contributed by atoms with Crippen molar-refractivity contribution < 1.29 is 9.53 Å². The number of carbonyl (C=O) groups is 1. The second-order valence-electron chi connectivity index (χ2n) is 4.90. The molecule has 0 aromatic heterocycles. The van der Waals surface area contributed by atoms with Crippen LogP contribution in [0.25, 0.3) is 0 Å². The second-order valence-corrected chi connectivity index (χ2v) is 4.90. The zero-order chi connectivity index (χ0) is 13.5. The normalized spacial score (nSPS) is 18.3. The molecule has 1 heterocycles. The van der Waals surface area contributed by atoms with Crippen molar-refractivity contribution in [2.45, 2.75) is 25.4 Å². The van der Waals surface area contributed by atoms with Gasteiger partial charge >= 0.3 is 0 Å². The molecule has 4 heteroatoms. The quantitative estimate of drug-likeness (QED) is 0.795. The lowest BCUT2D eigenvalue weighted by Gasteiger charge is -2.19. The molecular weight excluding hydrogens is 240 g/mol. The summed E-state index contributed by atoms with van der Waals surface area (Å²) in [4.78, 5) is 13.9. The maximum Gasteiger partial charge on any atom is 0.249 e. The first-order chi connectivity index (χ1) is 9.27. The minimum absolute atomic E-state index is 0.0415. The summed E-state index contributed by atoms with van der Waals surface area (Å²) in [6.07, 6.45) is 2.57. The minimum atomic E-state index is -0.216. The van der Waals surface area contributed by atoms with Crippen LogP contribution in [0.5, 0.6) is 0 Å². The number of anilines is 1. The van der Waals surface area contributed by atoms with Crippen LogP contribution in [-0.2, 0) is 9.53 Å². The smallest absolute Gasteiger partial charge is 0.249 e. The van der Waals surface area contributed by atoms with Gasteiger partial charge in [-0.25, -0.2) is 0 Å². The Bertz CT molecular complexity index is 388. The van der Waals surface area contributed by atoms with Gasteiger partial charge in [0.15, 0.2) is 0 Å². The fourth-order valence-electron chi connectivity index (χ4n) is 2.24. The van der Waals surface area contributed by atoms with Gasteiger partial charge < -0.3 is 15.0 Å². The molecule has 1 N–H and O–H groups in total. The van der Waals surface area contributed by atoms with E-state index in [-0.39, 0.29) is 12.0 Å². The molecule has 1 amide bonds. The zero-order valence-electron chi connectivity index (χ0n) is 11.5. The lowest BCUT2D eigenvalue weighted by molar-refractivity contribution is -0.130. The van der Waals surface area contributed by atoms with Crippen molar-refractivity contribution in [3.05, 3.63) is 30.3 Å². The number of hydrogen-bond acceptors (Lipinski definition) is 3. The number of amides is 1. The zero-order valence-corrected chi connectivity index (χ0v) is 11.5. The summed E-state index contributed by atoms with van der Waals surface area (Å²) in [6.45, 7) is 2.35. The lowest BCUT2D eigenvalue weighted by Crippen LogP contribution is -2.35. The lowest BCUT2D eigenvalue weighted by atomic mass is 10.2. The molecule has 2 rings (SSSR count). The predicted molar refractivity (Wildman–Crippen MR) is 76.3 cm³/mol. The van der Waals surface area contributed by atoms with Crippen molar-refractivity contribution in [2.75, 3.05) is 31.6 Å². The van der Waals surface area contributed by atoms with E-state index in [4.69, 9.17) is 4.74 Å². The van der Waals surface area contributed by atoms with Gasteiger partial charge in [0.25, 0.3) is 0 Å². The Morgan fingerprint density at radius 2 is 2.21 bits per heavy atom. The molecule has 0 spiro atoms. The Morgan fingerprint density at radius 1 is 1.42 bits per heavy atom. The van der Waals surface area contributed by atoms with E-state index in [0.717, 1.165) is 32.4 Å². The molecule has 1 aliphatic rings. The largest absolute Gasteiger partial charge is 0.375 e. The summed E-state index contributed by atoms with van der Waals surface area (Å²) in [5.74, 6) is 0.0415. The summed E-state index contributed by atoms with van der Waals surface area (Å²) in [5, 5.41) is 2.94. The highest BCUT2D eigenvalue weighted by atomic mass is 16.5. The van der Waals surface area contributed by atoms with Gasteiger partial charge in [0, 0.05) is 32.4 Å². The molecule has 104 valence electrons. The summed E-state index contributed by atoms with van der Waals surface area (Å²) in [7, 11) is 2.07. The highest BCUT2D eigenvalue weighted by molar-refractivity contribution is 5.80. The molecule has 1 atom stereocenters. The fraction of sp³-hybridized carbons (Fsp3) is 0.533. The van der Waals surface area contributed by atoms with Crippen LogP contribution in [0.1, 0.15) is 19.3 Å². The molecule has 0 bridgehead atoms. The Kier molecular flexibility index (Phi) is 5.21. The van der Waals surface area contributed by atoms with E-state index in [0.29, 0.717) is 6.54 Å². The van der Waals surface area contributed by atoms with Gasteiger partial charge in [-0.05, 0) is 31.4 Å². The summed E-state index contributed by atoms with van der Waals surface area (Å²) >= 11 is 0. The number of hydrogen-bond donors (Lipinski definition) is 1. The molecule has 1 aliphatic heterocycles. The van der Waals surface area contributed by atoms with Gasteiger partial charge in [0.1, 0.15) is 6.10 Å². The minimum Gasteiger partial charge on any atom is -0.375 e. The first-order valence-electron chi connectivity index (χ1n) is 6.93. The summed E-state index contributed by atoms with van der Waals surface area (Å²) in [6, 6.07) is 10.3. The third kappa shape index (κ3) is 4.24. The van der Waals surface area contributed by atoms with Gasteiger partial charge in [-0.15, -0.1) is 0 Å². The van der Waals surface area contributed by atoms with E-state index in [1.807, 2.05) is 18.2 Å². The molecule has 1 aromatic rings. The van der Waals surface area contributed by atoms with Crippen molar-refractivity contribution >= 4 is 11.6 Å². The topological polar surface area (TPSA) is 41.6 Å². The molecule has 1 unspecified atom stereocenters. The van der Waals surface area contributed by atoms with Crippen molar-refractivity contribution in [3.8, 4) is 0 Å². The highest BCUT2D eigenvalue weighted by Crippen LogP contribution is 2.12. The second kappa shape index (κ2) is 7.14. The number of ether oxygens (including phenoxy) is 1. The van der Waals surface area contributed by atoms with Gasteiger partial charge in [0.2, 0.25) is 5.91 Å². The van der Waals surface area contributed by atoms with Gasteiger partial charge in [0.05, 0.1) is 0 Å². The molecule has 1 fully saturated rings. The van der Waals surface area contributed by atoms with Gasteiger partial charge in [-0.3, -0.25) is 4.79 Å². The Labute approximate surface area is 114 Å². The molecule has 19 heavy (non-hydrogen) atoms. The first-order valence-corrected chi connectivity index (χ1v) is 6.93. The van der Waals surface area contributed by atoms with Crippen LogP contribution in [0, 0.1) is 0 Å². The van der Waals surface area contributed by atoms with Crippen LogP contribution in [-0.4, -0.2) is 38.8 Å². The standard InChI is InChI=1S/C15H22N2O2/c1-17(13-7-3-2-4-8-13)11-6-10-16-15(18)14-9-5-12-19-14/h2-4,7-8,14H,5-6,9-12H2,1H3,(H,16,18). The fourth-order valence-corrected chi connectivity index (χ4v) is 2.24. The number of benzene rings is 1. The van der Waals surface area contributed by atoms with Crippen LogP contribution < -0.4 is 10.2 Å². The number of para-hydroxylation sites is 1. The average molecular weight is 262 g/mol. The Hall–Kier alpha value is -1.55. The number of nitrogens with zero attached hydrogens (tertiary/aromatic N) is 1. The molecule has 0 aliphatic carbocycles. The molecule has 1 saturated heterocycles. The first kappa shape index (κ1) is 13.9. The van der Waals surface area contributed by atoms with Gasteiger partial charge in [-0.1, -0.05) is 18.2 Å². The third-order valence-electron chi connectivity index (χ3n) is 3.39. The highest BCUT2D eigenvalue weighted by Gasteiger charge is 2.22. The number of rotatable bonds is 6. The average Bonchev–Trinajstić information content (AvgIpc) is 2.98. The van der Waals surface area contributed by atoms with Crippen LogP contribution in [0.15, 0.2) is 30.3 Å². The van der Waals surface area contributed by atoms with Crippen molar-refractivity contribution in [1.29, 1.82) is 0 Å². The van der Waals surface area contributed by atoms with Crippen LogP contribution in [0.3, 0.4) is 0 Å². The van der Waals surface area contributed by atoms with Crippen molar-refractivity contribution in [2.24, 2.45) is 0 Å². The van der Waals surface area contributed by atoms with E-state index in [2.05, 4.69) is 29.4 Å². The van der Waals surface area contributed by atoms with E-state index >= 15 is 0 Å². The monoisotopic (exact) mass is 262 g/mol. The van der Waals surface area contributed by atoms with E-state index in [1.165, 1.54) is 5.69 Å². The van der Waals surface area contributed by atoms with Crippen molar-refractivity contribution in [1.82, 2.24) is 5.32 Å². The maximum atomic E-state index is 11.7. The van der Waals surface area contributed by atoms with Crippen LogP contribution in [0.4, 0.5) is 5.69 Å². The number of carbonyl (C=O) groups excluding carboxylic acids is 1. The Balaban J connectivity index is 1.62. The van der Waals surface area contributed by atoms with E-state index in [9.17, 15) is 4.79 Å². The summed E-state index contributed by atoms with van der Waals surface area (Å²) < 4.78 is 5.34. The third-order valence-corrected chi connectivity index (χ3v) is 3.39. The molecule has 1 aromatic carbocycles. The maximum absolute atomic E-state index is 11.7. The Morgan fingerprint density at radius 3 is 2.89 bits per heavy atom. The van der Waals surface area contributed by atoms with Gasteiger partial charge in [-0.2, -0.15) is 0 Å². The van der Waals surface area contributed by atoms with Crippen molar-refractivity contribution in [3.63, 3.8) is 0 Å². The molecule has 4 nitrogen and oxygen atoms in total. The SMILES string of the molecule is CN(CCCNC(=O)C1CCCO1)c1ccccc1. The molecular formula is C15H22N2O2. The number of nitrogens with one attached hydrogen (secondary N) is 1. The molecule has 0 saturated carbocycles. The summed E-state index contributed by atoms with van der Waals surface area (Å²) in [5.41, 5.74) is 1.20. The molecule has 0 radical (unpaired) electrons. The predicted octanol–water partition coefficient (Wildman–Crippen LogP) is 1.81.